The third-order valence-electron chi connectivity index (χ3n) is 4.38. The summed E-state index contributed by atoms with van der Waals surface area (Å²) in [4.78, 5) is 0. The molecule has 0 saturated heterocycles. The van der Waals surface area contributed by atoms with Gasteiger partial charge in [-0.3, -0.25) is 9.44 Å². The number of hydrogen-bond donors (Lipinski definition) is 4. The van der Waals surface area contributed by atoms with Crippen LogP contribution in [0.25, 0.3) is 0 Å². The Morgan fingerprint density at radius 1 is 1.06 bits per heavy atom. The number of aryl methyl sites for hydroxylation is 1. The number of nitrogens with two attached hydrogens (primary N) is 1. The largest absolute Gasteiger partial charge is 0.455 e. The minimum atomic E-state index is -3.52. The number of rotatable bonds is 9. The highest BCUT2D eigenvalue weighted by Crippen LogP contribution is 2.39. The molecule has 0 spiro atoms. The normalized spacial score (nSPS) is 12.2. The van der Waals surface area contributed by atoms with Crippen molar-refractivity contribution in [2.45, 2.75) is 13.8 Å². The van der Waals surface area contributed by atoms with Gasteiger partial charge >= 0.3 is 0 Å². The Hall–Kier alpha value is -3.22. The van der Waals surface area contributed by atoms with Crippen LogP contribution in [0.1, 0.15) is 12.5 Å². The number of ether oxygens (including phenoxy) is 1. The highest BCUT2D eigenvalue weighted by Gasteiger charge is 2.17. The molecule has 3 rings (SSSR count). The fourth-order valence-electron chi connectivity index (χ4n) is 2.84. The fraction of sp³-hybridized carbons (Fsp3) is 0.143. The highest BCUT2D eigenvalue weighted by molar-refractivity contribution is 7.92. The second kappa shape index (κ2) is 10.1. The average molecular weight is 497 g/mol. The van der Waals surface area contributed by atoms with E-state index < -0.39 is 32.8 Å². The molecule has 0 bridgehead atoms. The molecule has 1 unspecified atom stereocenters. The van der Waals surface area contributed by atoms with Gasteiger partial charge in [0.05, 0.1) is 22.8 Å². The van der Waals surface area contributed by atoms with Gasteiger partial charge in [-0.05, 0) is 49.7 Å². The van der Waals surface area contributed by atoms with Crippen molar-refractivity contribution >= 4 is 43.9 Å². The third kappa shape index (κ3) is 6.63. The van der Waals surface area contributed by atoms with Crippen LogP contribution in [0.5, 0.6) is 11.5 Å². The molecule has 176 valence electrons. The summed E-state index contributed by atoms with van der Waals surface area (Å²) in [7, 11) is -3.52. The van der Waals surface area contributed by atoms with E-state index in [1.165, 1.54) is 43.3 Å². The number of sulfonamides is 1. The van der Waals surface area contributed by atoms with Crippen LogP contribution in [0.3, 0.4) is 0 Å². The second-order valence-corrected chi connectivity index (χ2v) is 9.78. The Kier molecular flexibility index (Phi) is 7.51. The molecule has 3 aromatic rings. The van der Waals surface area contributed by atoms with E-state index in [0.29, 0.717) is 5.56 Å². The summed E-state index contributed by atoms with van der Waals surface area (Å²) in [6.45, 7) is 3.21. The van der Waals surface area contributed by atoms with Crippen molar-refractivity contribution in [3.8, 4) is 11.5 Å². The molecule has 0 aromatic heterocycles. The Morgan fingerprint density at radius 2 is 1.82 bits per heavy atom. The van der Waals surface area contributed by atoms with E-state index in [1.807, 2.05) is 0 Å². The van der Waals surface area contributed by atoms with E-state index in [9.17, 15) is 21.4 Å². The standard InChI is InChI=1S/C21H22F2N4O4S2/c1-3-33(29,30)27-15-5-4-6-16(12-15)31-20-11-14(22)10-19(21(20)26-32(24)28)25-18-8-7-13(2)9-17(18)23/h4-12,25-27H,3,24H2,1-2H3. The van der Waals surface area contributed by atoms with E-state index in [-0.39, 0.29) is 40.0 Å². The molecule has 8 nitrogen and oxygen atoms in total. The monoisotopic (exact) mass is 496 g/mol. The van der Waals surface area contributed by atoms with Gasteiger partial charge in [-0.25, -0.2) is 26.5 Å². The number of benzene rings is 3. The third-order valence-corrected chi connectivity index (χ3v) is 6.09. The first-order valence-electron chi connectivity index (χ1n) is 9.64. The molecular formula is C21H22F2N4O4S2. The van der Waals surface area contributed by atoms with Crippen molar-refractivity contribution < 1.29 is 26.1 Å². The summed E-state index contributed by atoms with van der Waals surface area (Å²) in [5.41, 5.74) is 1.02. The summed E-state index contributed by atoms with van der Waals surface area (Å²) in [6.07, 6.45) is 0. The van der Waals surface area contributed by atoms with Gasteiger partial charge < -0.3 is 10.1 Å². The van der Waals surface area contributed by atoms with Crippen LogP contribution in [-0.2, 0) is 21.2 Å². The minimum absolute atomic E-state index is 0.0109. The maximum absolute atomic E-state index is 14.4. The van der Waals surface area contributed by atoms with Crippen molar-refractivity contribution in [2.24, 2.45) is 5.14 Å². The molecule has 5 N–H and O–H groups in total. The fourth-order valence-corrected chi connectivity index (χ4v) is 3.88. The topological polar surface area (TPSA) is 123 Å². The average Bonchev–Trinajstić information content (AvgIpc) is 2.72. The lowest BCUT2D eigenvalue weighted by molar-refractivity contribution is 0.480. The van der Waals surface area contributed by atoms with Crippen molar-refractivity contribution in [3.05, 3.63) is 71.8 Å². The molecule has 0 aliphatic carbocycles. The Balaban J connectivity index is 2.00. The molecule has 12 heteroatoms. The first kappa shape index (κ1) is 24.4. The van der Waals surface area contributed by atoms with Crippen molar-refractivity contribution in [2.75, 3.05) is 20.5 Å². The van der Waals surface area contributed by atoms with Gasteiger partial charge in [0.1, 0.15) is 23.1 Å². The quantitative estimate of drug-likeness (QED) is 0.347. The van der Waals surface area contributed by atoms with Crippen LogP contribution >= 0.6 is 0 Å². The molecule has 33 heavy (non-hydrogen) atoms. The minimum Gasteiger partial charge on any atom is -0.455 e. The van der Waals surface area contributed by atoms with Crippen molar-refractivity contribution in [3.63, 3.8) is 0 Å². The molecular weight excluding hydrogens is 474 g/mol. The van der Waals surface area contributed by atoms with Gasteiger partial charge in [0, 0.05) is 12.1 Å². The molecule has 0 radical (unpaired) electrons. The number of hydrogen-bond acceptors (Lipinski definition) is 5. The predicted molar refractivity (Wildman–Crippen MR) is 126 cm³/mol. The summed E-state index contributed by atoms with van der Waals surface area (Å²) >= 11 is -2.07. The molecule has 1 atom stereocenters. The van der Waals surface area contributed by atoms with Crippen molar-refractivity contribution in [1.29, 1.82) is 0 Å². The van der Waals surface area contributed by atoms with Gasteiger partial charge in [0.15, 0.2) is 16.9 Å². The summed E-state index contributed by atoms with van der Waals surface area (Å²) in [5.74, 6) is -1.37. The molecule has 0 saturated carbocycles. The zero-order valence-corrected chi connectivity index (χ0v) is 19.3. The Labute approximate surface area is 192 Å². The van der Waals surface area contributed by atoms with Crippen LogP contribution < -0.4 is 24.6 Å². The summed E-state index contributed by atoms with van der Waals surface area (Å²) < 4.78 is 74.7. The molecule has 0 aliphatic heterocycles. The molecule has 0 fully saturated rings. The number of nitrogens with one attached hydrogen (secondary N) is 3. The van der Waals surface area contributed by atoms with Gasteiger partial charge in [-0.1, -0.05) is 12.1 Å². The number of anilines is 4. The summed E-state index contributed by atoms with van der Waals surface area (Å²) in [6, 6.07) is 12.5. The zero-order valence-electron chi connectivity index (χ0n) is 17.7. The first-order chi connectivity index (χ1) is 15.6. The van der Waals surface area contributed by atoms with Crippen LogP contribution in [-0.4, -0.2) is 18.4 Å². The Bertz CT molecular complexity index is 1300. The maximum Gasteiger partial charge on any atom is 0.232 e. The smallest absolute Gasteiger partial charge is 0.232 e. The predicted octanol–water partition coefficient (Wildman–Crippen LogP) is 4.52. The van der Waals surface area contributed by atoms with Gasteiger partial charge in [-0.2, -0.15) is 0 Å². The lowest BCUT2D eigenvalue weighted by Crippen LogP contribution is -2.15. The van der Waals surface area contributed by atoms with E-state index in [2.05, 4.69) is 14.8 Å². The van der Waals surface area contributed by atoms with Gasteiger partial charge in [0.2, 0.25) is 10.0 Å². The van der Waals surface area contributed by atoms with Crippen LogP contribution in [0.4, 0.5) is 31.5 Å². The van der Waals surface area contributed by atoms with Crippen LogP contribution in [0.15, 0.2) is 54.6 Å². The SMILES string of the molecule is CCS(=O)(=O)Nc1cccc(Oc2cc(F)cc(Nc3ccc(C)cc3F)c2NS(N)=O)c1. The van der Waals surface area contributed by atoms with Crippen LogP contribution in [0, 0.1) is 18.6 Å². The lowest BCUT2D eigenvalue weighted by atomic mass is 10.2. The molecule has 3 aromatic carbocycles. The second-order valence-electron chi connectivity index (χ2n) is 6.97. The molecule has 0 amide bonds. The van der Waals surface area contributed by atoms with Crippen LogP contribution in [0.2, 0.25) is 0 Å². The first-order valence-corrected chi connectivity index (χ1v) is 12.5. The van der Waals surface area contributed by atoms with E-state index >= 15 is 0 Å². The molecule has 0 heterocycles. The van der Waals surface area contributed by atoms with E-state index in [0.717, 1.165) is 12.1 Å². The maximum atomic E-state index is 14.4. The van der Waals surface area contributed by atoms with E-state index in [4.69, 9.17) is 9.88 Å². The lowest BCUT2D eigenvalue weighted by Gasteiger charge is -2.18. The van der Waals surface area contributed by atoms with Gasteiger partial charge in [0.25, 0.3) is 0 Å². The van der Waals surface area contributed by atoms with Gasteiger partial charge in [-0.15, -0.1) is 0 Å². The van der Waals surface area contributed by atoms with E-state index in [1.54, 1.807) is 13.0 Å². The number of halogens is 2. The summed E-state index contributed by atoms with van der Waals surface area (Å²) in [5, 5.41) is 8.13. The Morgan fingerprint density at radius 3 is 2.48 bits per heavy atom. The van der Waals surface area contributed by atoms with Crippen molar-refractivity contribution in [1.82, 2.24) is 0 Å². The highest BCUT2D eigenvalue weighted by atomic mass is 32.2. The molecule has 0 aliphatic rings. The zero-order chi connectivity index (χ0) is 24.2.